The highest BCUT2D eigenvalue weighted by Crippen LogP contribution is 2.37. The van der Waals surface area contributed by atoms with Gasteiger partial charge in [-0.05, 0) is 56.2 Å². The van der Waals surface area contributed by atoms with Crippen LogP contribution in [0.5, 0.6) is 5.75 Å². The number of amides is 1. The number of benzene rings is 1. The molecule has 4 rings (SSSR count). The topological polar surface area (TPSA) is 67.3 Å². The number of rotatable bonds is 5. The van der Waals surface area contributed by atoms with Crippen LogP contribution in [0.1, 0.15) is 40.2 Å². The minimum Gasteiger partial charge on any atom is -0.497 e. The number of likely N-dealkylation sites (tertiary alicyclic amines) is 1. The molecule has 28 heavy (non-hydrogen) atoms. The van der Waals surface area contributed by atoms with E-state index in [4.69, 9.17) is 4.74 Å². The predicted octanol–water partition coefficient (Wildman–Crippen LogP) is 2.74. The van der Waals surface area contributed by atoms with Crippen LogP contribution in [0.2, 0.25) is 0 Å². The number of hydrogen-bond donors (Lipinski definition) is 1. The number of carbonyl (C=O) groups is 1. The molecule has 2 atom stereocenters. The van der Waals surface area contributed by atoms with Crippen LogP contribution in [0.4, 0.5) is 0 Å². The maximum Gasteiger partial charge on any atom is 0.255 e. The van der Waals surface area contributed by atoms with Crippen molar-refractivity contribution in [2.75, 3.05) is 20.2 Å². The lowest BCUT2D eigenvalue weighted by atomic mass is 9.91. The number of carbonyl (C=O) groups excluding carboxylic acids is 1. The molecule has 1 aliphatic heterocycles. The van der Waals surface area contributed by atoms with E-state index in [-0.39, 0.29) is 11.9 Å². The van der Waals surface area contributed by atoms with E-state index in [2.05, 4.69) is 32.3 Å². The van der Waals surface area contributed by atoms with Crippen LogP contribution in [-0.4, -0.2) is 47.0 Å². The molecule has 1 aliphatic carbocycles. The van der Waals surface area contributed by atoms with Crippen molar-refractivity contribution in [1.29, 1.82) is 0 Å². The molecular formula is C22H28N4O2. The molecule has 2 bridgehead atoms. The summed E-state index contributed by atoms with van der Waals surface area (Å²) in [6, 6.07) is 8.53. The summed E-state index contributed by atoms with van der Waals surface area (Å²) in [6.45, 7) is 6.70. The fourth-order valence-corrected chi connectivity index (χ4v) is 4.86. The number of piperidine rings is 1. The Balaban J connectivity index is 1.42. The van der Waals surface area contributed by atoms with Crippen molar-refractivity contribution < 1.29 is 9.53 Å². The highest BCUT2D eigenvalue weighted by Gasteiger charge is 2.42. The van der Waals surface area contributed by atoms with E-state index in [0.717, 1.165) is 36.8 Å². The van der Waals surface area contributed by atoms with Gasteiger partial charge < -0.3 is 10.1 Å². The minimum atomic E-state index is -0.0289. The molecule has 1 saturated heterocycles. The number of fused-ring (bicyclic) bond motifs is 2. The van der Waals surface area contributed by atoms with E-state index in [1.807, 2.05) is 26.0 Å². The number of aryl methyl sites for hydroxylation is 2. The number of ether oxygens (including phenoxy) is 1. The highest BCUT2D eigenvalue weighted by molar-refractivity contribution is 5.96. The monoisotopic (exact) mass is 380 g/mol. The van der Waals surface area contributed by atoms with Gasteiger partial charge in [0.05, 0.1) is 24.1 Å². The molecule has 2 fully saturated rings. The van der Waals surface area contributed by atoms with Gasteiger partial charge >= 0.3 is 0 Å². The van der Waals surface area contributed by atoms with Gasteiger partial charge in [0.25, 0.3) is 5.91 Å². The summed E-state index contributed by atoms with van der Waals surface area (Å²) in [7, 11) is 1.70. The summed E-state index contributed by atoms with van der Waals surface area (Å²) in [6.07, 6.45) is 3.86. The smallest absolute Gasteiger partial charge is 0.255 e. The Hall–Kier alpha value is -2.47. The van der Waals surface area contributed by atoms with E-state index in [1.54, 1.807) is 7.11 Å². The second kappa shape index (κ2) is 7.87. The molecule has 2 aromatic rings. The summed E-state index contributed by atoms with van der Waals surface area (Å²) >= 11 is 0. The molecule has 2 unspecified atom stereocenters. The van der Waals surface area contributed by atoms with Crippen molar-refractivity contribution in [3.05, 3.63) is 53.1 Å². The van der Waals surface area contributed by atoms with Crippen molar-refractivity contribution in [3.8, 4) is 5.75 Å². The van der Waals surface area contributed by atoms with Crippen molar-refractivity contribution in [2.24, 2.45) is 11.8 Å². The first-order valence-corrected chi connectivity index (χ1v) is 9.99. The van der Waals surface area contributed by atoms with E-state index >= 15 is 0 Å². The predicted molar refractivity (Wildman–Crippen MR) is 107 cm³/mol. The van der Waals surface area contributed by atoms with Crippen molar-refractivity contribution in [2.45, 2.75) is 39.3 Å². The SMILES string of the molecule is COc1cccc(CN2CC3CCC(C2)C3NC(=O)c2c(C)ncnc2C)c1. The average molecular weight is 380 g/mol. The number of nitrogens with one attached hydrogen (secondary N) is 1. The van der Waals surface area contributed by atoms with Gasteiger partial charge in [-0.1, -0.05) is 12.1 Å². The van der Waals surface area contributed by atoms with Gasteiger partial charge in [-0.25, -0.2) is 9.97 Å². The number of aromatic nitrogens is 2. The summed E-state index contributed by atoms with van der Waals surface area (Å²) in [5.74, 6) is 1.87. The van der Waals surface area contributed by atoms with Gasteiger partial charge in [-0.3, -0.25) is 9.69 Å². The summed E-state index contributed by atoms with van der Waals surface area (Å²) in [4.78, 5) is 23.8. The van der Waals surface area contributed by atoms with Crippen LogP contribution in [-0.2, 0) is 6.54 Å². The Morgan fingerprint density at radius 1 is 1.18 bits per heavy atom. The fraction of sp³-hybridized carbons (Fsp3) is 0.500. The van der Waals surface area contributed by atoms with Crippen molar-refractivity contribution in [1.82, 2.24) is 20.2 Å². The molecule has 0 radical (unpaired) electrons. The van der Waals surface area contributed by atoms with Crippen molar-refractivity contribution >= 4 is 5.91 Å². The Morgan fingerprint density at radius 3 is 2.50 bits per heavy atom. The molecule has 6 nitrogen and oxygen atoms in total. The summed E-state index contributed by atoms with van der Waals surface area (Å²) < 4.78 is 5.34. The summed E-state index contributed by atoms with van der Waals surface area (Å²) in [5, 5.41) is 3.32. The number of nitrogens with zero attached hydrogens (tertiary/aromatic N) is 3. The molecule has 0 spiro atoms. The molecule has 2 heterocycles. The lowest BCUT2D eigenvalue weighted by Crippen LogP contribution is -2.52. The molecule has 1 amide bonds. The van der Waals surface area contributed by atoms with E-state index < -0.39 is 0 Å². The minimum absolute atomic E-state index is 0.0289. The fourth-order valence-electron chi connectivity index (χ4n) is 4.86. The highest BCUT2D eigenvalue weighted by atomic mass is 16.5. The van der Waals surface area contributed by atoms with Crippen LogP contribution in [0.25, 0.3) is 0 Å². The first kappa shape index (κ1) is 18.9. The van der Waals surface area contributed by atoms with Crippen LogP contribution < -0.4 is 10.1 Å². The Morgan fingerprint density at radius 2 is 1.86 bits per heavy atom. The van der Waals surface area contributed by atoms with Gasteiger partial charge in [0.15, 0.2) is 0 Å². The second-order valence-electron chi connectivity index (χ2n) is 8.06. The zero-order valence-electron chi connectivity index (χ0n) is 16.8. The Labute approximate surface area is 166 Å². The molecule has 1 N–H and O–H groups in total. The van der Waals surface area contributed by atoms with E-state index in [1.165, 1.54) is 24.7 Å². The average Bonchev–Trinajstić information content (AvgIpc) is 2.90. The zero-order valence-corrected chi connectivity index (χ0v) is 16.8. The molecule has 2 aliphatic rings. The molecule has 148 valence electrons. The third-order valence-corrected chi connectivity index (χ3v) is 6.20. The second-order valence-corrected chi connectivity index (χ2v) is 8.06. The molecule has 1 aromatic heterocycles. The molecule has 1 saturated carbocycles. The lowest BCUT2D eigenvalue weighted by molar-refractivity contribution is 0.0822. The number of methoxy groups -OCH3 is 1. The summed E-state index contributed by atoms with van der Waals surface area (Å²) in [5.41, 5.74) is 3.38. The molecule has 1 aromatic carbocycles. The van der Waals surface area contributed by atoms with Crippen LogP contribution >= 0.6 is 0 Å². The largest absolute Gasteiger partial charge is 0.497 e. The van der Waals surface area contributed by atoms with Gasteiger partial charge in [-0.15, -0.1) is 0 Å². The first-order valence-electron chi connectivity index (χ1n) is 9.99. The third-order valence-electron chi connectivity index (χ3n) is 6.20. The van der Waals surface area contributed by atoms with Crippen LogP contribution in [0, 0.1) is 25.7 Å². The Bertz CT molecular complexity index is 835. The third kappa shape index (κ3) is 3.74. The van der Waals surface area contributed by atoms with E-state index in [0.29, 0.717) is 17.4 Å². The molecule has 6 heteroatoms. The van der Waals surface area contributed by atoms with E-state index in [9.17, 15) is 4.79 Å². The maximum absolute atomic E-state index is 12.9. The van der Waals surface area contributed by atoms with Gasteiger partial charge in [0.1, 0.15) is 12.1 Å². The van der Waals surface area contributed by atoms with Crippen LogP contribution in [0.15, 0.2) is 30.6 Å². The van der Waals surface area contributed by atoms with Gasteiger partial charge in [0, 0.05) is 25.7 Å². The normalized spacial score (nSPS) is 24.2. The standard InChI is InChI=1S/C22H28N4O2/c1-14-20(15(2)24-13-23-14)22(27)25-21-17-7-8-18(21)12-26(11-17)10-16-5-4-6-19(9-16)28-3/h4-6,9,13,17-18,21H,7-8,10-12H2,1-3H3,(H,25,27). The lowest BCUT2D eigenvalue weighted by Gasteiger charge is -2.38. The number of hydrogen-bond acceptors (Lipinski definition) is 5. The quantitative estimate of drug-likeness (QED) is 0.864. The van der Waals surface area contributed by atoms with Crippen LogP contribution in [0.3, 0.4) is 0 Å². The van der Waals surface area contributed by atoms with Crippen molar-refractivity contribution in [3.63, 3.8) is 0 Å². The Kier molecular flexibility index (Phi) is 5.31. The van der Waals surface area contributed by atoms with Gasteiger partial charge in [0.2, 0.25) is 0 Å². The maximum atomic E-state index is 12.9. The molecular weight excluding hydrogens is 352 g/mol. The zero-order chi connectivity index (χ0) is 19.7. The van der Waals surface area contributed by atoms with Gasteiger partial charge in [-0.2, -0.15) is 0 Å². The first-order chi connectivity index (χ1) is 13.5.